The molecule has 36 valence electrons. The summed E-state index contributed by atoms with van der Waals surface area (Å²) < 4.78 is 0. The van der Waals surface area contributed by atoms with Crippen LogP contribution < -0.4 is 0 Å². The van der Waals surface area contributed by atoms with E-state index in [1.165, 1.54) is 6.42 Å². The SMILES string of the molecule is C1=NC2C1C1CC12. The fourth-order valence-electron chi connectivity index (χ4n) is 1.97. The van der Waals surface area contributed by atoms with Gasteiger partial charge in [0.25, 0.3) is 0 Å². The Morgan fingerprint density at radius 1 is 1.43 bits per heavy atom. The molecule has 2 saturated carbocycles. The van der Waals surface area contributed by atoms with Crippen molar-refractivity contribution in [3.63, 3.8) is 0 Å². The van der Waals surface area contributed by atoms with Crippen molar-refractivity contribution in [3.05, 3.63) is 0 Å². The highest BCUT2D eigenvalue weighted by atomic mass is 15.0. The first-order valence-electron chi connectivity index (χ1n) is 3.00. The van der Waals surface area contributed by atoms with Gasteiger partial charge in [-0.1, -0.05) is 0 Å². The second-order valence-electron chi connectivity index (χ2n) is 2.93. The standard InChI is InChI=1S/C6H7N/c1-3-4(1)6-5(3)2-7-6/h2-6H,1H2. The van der Waals surface area contributed by atoms with Crippen molar-refractivity contribution in [2.24, 2.45) is 22.7 Å². The molecule has 4 unspecified atom stereocenters. The van der Waals surface area contributed by atoms with E-state index >= 15 is 0 Å². The van der Waals surface area contributed by atoms with Gasteiger partial charge in [0.1, 0.15) is 0 Å². The molecule has 0 aromatic heterocycles. The second-order valence-corrected chi connectivity index (χ2v) is 2.93. The predicted octanol–water partition coefficient (Wildman–Crippen LogP) is 0.705. The fourth-order valence-corrected chi connectivity index (χ4v) is 1.97. The minimum Gasteiger partial charge on any atom is -0.293 e. The van der Waals surface area contributed by atoms with Crippen LogP contribution in [0.2, 0.25) is 0 Å². The van der Waals surface area contributed by atoms with E-state index in [1.54, 1.807) is 0 Å². The molecular weight excluding hydrogens is 86.1 g/mol. The van der Waals surface area contributed by atoms with Crippen LogP contribution >= 0.6 is 0 Å². The lowest BCUT2D eigenvalue weighted by Gasteiger charge is -2.36. The van der Waals surface area contributed by atoms with Gasteiger partial charge >= 0.3 is 0 Å². The summed E-state index contributed by atoms with van der Waals surface area (Å²) in [5, 5.41) is 0. The predicted molar refractivity (Wildman–Crippen MR) is 27.4 cm³/mol. The van der Waals surface area contributed by atoms with Crippen molar-refractivity contribution in [2.45, 2.75) is 12.5 Å². The molecule has 3 aliphatic rings. The number of aliphatic imine (C=N–C) groups is 1. The van der Waals surface area contributed by atoms with E-state index in [1.807, 2.05) is 0 Å². The zero-order valence-corrected chi connectivity index (χ0v) is 4.04. The zero-order chi connectivity index (χ0) is 4.43. The van der Waals surface area contributed by atoms with Crippen LogP contribution in [0.3, 0.4) is 0 Å². The van der Waals surface area contributed by atoms with Gasteiger partial charge in [0.2, 0.25) is 0 Å². The topological polar surface area (TPSA) is 12.4 Å². The van der Waals surface area contributed by atoms with E-state index in [9.17, 15) is 0 Å². The summed E-state index contributed by atoms with van der Waals surface area (Å²) in [7, 11) is 0. The molecule has 2 aliphatic carbocycles. The van der Waals surface area contributed by atoms with Gasteiger partial charge in [0, 0.05) is 12.1 Å². The van der Waals surface area contributed by atoms with E-state index in [-0.39, 0.29) is 0 Å². The fraction of sp³-hybridized carbons (Fsp3) is 0.833. The maximum atomic E-state index is 4.23. The zero-order valence-electron chi connectivity index (χ0n) is 4.04. The molecule has 1 heteroatoms. The number of rotatable bonds is 0. The summed E-state index contributed by atoms with van der Waals surface area (Å²) in [6, 6.07) is 0.824. The lowest BCUT2D eigenvalue weighted by atomic mass is 9.77. The van der Waals surface area contributed by atoms with Crippen molar-refractivity contribution in [2.75, 3.05) is 0 Å². The Morgan fingerprint density at radius 2 is 2.43 bits per heavy atom. The van der Waals surface area contributed by atoms with Crippen molar-refractivity contribution >= 4 is 6.21 Å². The van der Waals surface area contributed by atoms with Gasteiger partial charge < -0.3 is 0 Å². The molecule has 1 heterocycles. The molecule has 0 saturated heterocycles. The molecule has 2 fully saturated rings. The smallest absolute Gasteiger partial charge is 0.0607 e. The Morgan fingerprint density at radius 3 is 2.71 bits per heavy atom. The summed E-state index contributed by atoms with van der Waals surface area (Å²) in [4.78, 5) is 4.23. The molecule has 0 spiro atoms. The summed E-state index contributed by atoms with van der Waals surface area (Å²) >= 11 is 0. The van der Waals surface area contributed by atoms with E-state index in [0.717, 1.165) is 23.8 Å². The molecule has 3 rings (SSSR count). The van der Waals surface area contributed by atoms with Crippen LogP contribution in [0, 0.1) is 17.8 Å². The first-order chi connectivity index (χ1) is 3.47. The summed E-state index contributed by atoms with van der Waals surface area (Å²) in [6.07, 6.45) is 3.63. The van der Waals surface area contributed by atoms with E-state index < -0.39 is 0 Å². The number of hydrogen-bond donors (Lipinski definition) is 0. The van der Waals surface area contributed by atoms with Crippen LogP contribution in [0.1, 0.15) is 6.42 Å². The van der Waals surface area contributed by atoms with Crippen LogP contribution in [0.4, 0.5) is 0 Å². The Balaban J connectivity index is 2.11. The monoisotopic (exact) mass is 93.1 g/mol. The minimum absolute atomic E-state index is 0.824. The Hall–Kier alpha value is -0.330. The molecule has 0 bridgehead atoms. The normalized spacial score (nSPS) is 69.7. The average Bonchev–Trinajstić information content (AvgIpc) is 2.14. The third-order valence-electron chi connectivity index (χ3n) is 2.65. The van der Waals surface area contributed by atoms with E-state index in [0.29, 0.717) is 0 Å². The highest BCUT2D eigenvalue weighted by molar-refractivity contribution is 5.73. The highest BCUT2D eigenvalue weighted by Crippen LogP contribution is 2.63. The van der Waals surface area contributed by atoms with Crippen LogP contribution in [-0.4, -0.2) is 12.3 Å². The van der Waals surface area contributed by atoms with Crippen LogP contribution in [0.5, 0.6) is 0 Å². The first-order valence-corrected chi connectivity index (χ1v) is 3.00. The van der Waals surface area contributed by atoms with Gasteiger partial charge in [0.05, 0.1) is 6.04 Å². The molecule has 0 radical (unpaired) electrons. The number of nitrogens with zero attached hydrogens (tertiary/aromatic N) is 1. The molecule has 1 nitrogen and oxygen atoms in total. The molecule has 0 amide bonds. The third kappa shape index (κ3) is 0.149. The summed E-state index contributed by atoms with van der Waals surface area (Å²) in [5.74, 6) is 3.14. The molecular formula is C6H7N. The Labute approximate surface area is 42.4 Å². The second kappa shape index (κ2) is 0.575. The molecule has 1 aliphatic heterocycles. The first kappa shape index (κ1) is 2.85. The van der Waals surface area contributed by atoms with Crippen LogP contribution in [0.15, 0.2) is 4.99 Å². The van der Waals surface area contributed by atoms with Gasteiger partial charge in [-0.15, -0.1) is 0 Å². The largest absolute Gasteiger partial charge is 0.293 e. The van der Waals surface area contributed by atoms with Gasteiger partial charge in [-0.05, 0) is 18.3 Å². The number of hydrogen-bond acceptors (Lipinski definition) is 1. The van der Waals surface area contributed by atoms with Crippen molar-refractivity contribution in [1.82, 2.24) is 0 Å². The molecule has 0 N–H and O–H groups in total. The lowest BCUT2D eigenvalue weighted by molar-refractivity contribution is 0.284. The molecule has 0 aromatic carbocycles. The Bertz CT molecular complexity index is 134. The van der Waals surface area contributed by atoms with E-state index in [4.69, 9.17) is 0 Å². The maximum absolute atomic E-state index is 4.23. The van der Waals surface area contributed by atoms with Gasteiger partial charge in [-0.2, -0.15) is 0 Å². The average molecular weight is 93.1 g/mol. The van der Waals surface area contributed by atoms with Crippen molar-refractivity contribution < 1.29 is 0 Å². The summed E-state index contributed by atoms with van der Waals surface area (Å²) in [6.45, 7) is 0. The quantitative estimate of drug-likeness (QED) is 0.418. The number of fused-ring (bicyclic) bond motifs is 4. The Kier molecular flexibility index (Phi) is 0.234. The highest BCUT2D eigenvalue weighted by Gasteiger charge is 2.63. The van der Waals surface area contributed by atoms with Crippen LogP contribution in [-0.2, 0) is 0 Å². The molecule has 4 atom stereocenters. The van der Waals surface area contributed by atoms with E-state index in [2.05, 4.69) is 11.2 Å². The minimum atomic E-state index is 0.824. The van der Waals surface area contributed by atoms with Crippen molar-refractivity contribution in [3.8, 4) is 0 Å². The van der Waals surface area contributed by atoms with Gasteiger partial charge in [0.15, 0.2) is 0 Å². The maximum Gasteiger partial charge on any atom is 0.0607 e. The van der Waals surface area contributed by atoms with Crippen molar-refractivity contribution in [1.29, 1.82) is 0 Å². The third-order valence-corrected chi connectivity index (χ3v) is 2.65. The molecule has 0 aromatic rings. The summed E-state index contributed by atoms with van der Waals surface area (Å²) in [5.41, 5.74) is 0. The van der Waals surface area contributed by atoms with Crippen LogP contribution in [0.25, 0.3) is 0 Å². The lowest BCUT2D eigenvalue weighted by Crippen LogP contribution is -2.42. The van der Waals surface area contributed by atoms with Gasteiger partial charge in [-0.3, -0.25) is 4.99 Å². The van der Waals surface area contributed by atoms with Gasteiger partial charge in [-0.25, -0.2) is 0 Å². The molecule has 7 heavy (non-hydrogen) atoms.